The zero-order valence-electron chi connectivity index (χ0n) is 9.65. The molecule has 1 aromatic heterocycles. The van der Waals surface area contributed by atoms with Crippen molar-refractivity contribution >= 4 is 0 Å². The summed E-state index contributed by atoms with van der Waals surface area (Å²) in [5.74, 6) is 0. The Labute approximate surface area is 56.6 Å². The fourth-order valence-electron chi connectivity index (χ4n) is 0.408. The predicted octanol–water partition coefficient (Wildman–Crippen LogP) is 0.994. The summed E-state index contributed by atoms with van der Waals surface area (Å²) < 4.78 is 38.0. The summed E-state index contributed by atoms with van der Waals surface area (Å²) in [7, 11) is 0. The summed E-state index contributed by atoms with van der Waals surface area (Å²) in [6.07, 6.45) is -0.345. The van der Waals surface area contributed by atoms with E-state index in [0.29, 0.717) is 6.54 Å². The molecule has 0 spiro atoms. The van der Waals surface area contributed by atoms with E-state index in [1.807, 2.05) is 0 Å². The zero-order chi connectivity index (χ0) is 10.2. The van der Waals surface area contributed by atoms with Crippen LogP contribution in [0.15, 0.2) is 30.5 Å². The van der Waals surface area contributed by atoms with E-state index in [1.54, 1.807) is 6.92 Å². The largest absolute Gasteiger partial charge is 0.205 e. The van der Waals surface area contributed by atoms with Gasteiger partial charge in [-0.2, -0.15) is 0 Å². The van der Waals surface area contributed by atoms with Crippen molar-refractivity contribution in [3.05, 3.63) is 30.5 Å². The van der Waals surface area contributed by atoms with Gasteiger partial charge in [-0.3, -0.25) is 0 Å². The van der Waals surface area contributed by atoms with Crippen LogP contribution in [-0.4, -0.2) is 0 Å². The van der Waals surface area contributed by atoms with Crippen LogP contribution in [0.25, 0.3) is 0 Å². The average Bonchev–Trinajstić information content (AvgIpc) is 2.13. The molecule has 1 heteroatoms. The van der Waals surface area contributed by atoms with Gasteiger partial charge in [0.2, 0.25) is 0 Å². The Bertz CT molecular complexity index is 320. The molecule has 0 fully saturated rings. The van der Waals surface area contributed by atoms with Crippen molar-refractivity contribution < 1.29 is 11.4 Å². The molecule has 0 atom stereocenters. The lowest BCUT2D eigenvalue weighted by Gasteiger charge is -1.84. The Kier molecular flexibility index (Phi) is 0.562. The topological polar surface area (TPSA) is 3.88 Å². The molecule has 0 aliphatic heterocycles. The minimum absolute atomic E-state index is 0.173. The summed E-state index contributed by atoms with van der Waals surface area (Å²) >= 11 is 0. The lowest BCUT2D eigenvalue weighted by molar-refractivity contribution is -0.693. The fourth-order valence-corrected chi connectivity index (χ4v) is 0.408. The number of pyridine rings is 1. The minimum atomic E-state index is -0.347. The van der Waals surface area contributed by atoms with E-state index in [1.165, 1.54) is 4.57 Å². The second-order valence-corrected chi connectivity index (χ2v) is 1.34. The summed E-state index contributed by atoms with van der Waals surface area (Å²) in [6, 6.07) is -0.926. The van der Waals surface area contributed by atoms with Crippen molar-refractivity contribution in [1.29, 1.82) is 0 Å². The molecule has 1 aromatic rings. The Morgan fingerprint density at radius 1 is 1.38 bits per heavy atom. The number of rotatable bonds is 1. The number of hydrogen-bond donors (Lipinski definition) is 0. The van der Waals surface area contributed by atoms with Crippen molar-refractivity contribution in [1.82, 2.24) is 0 Å². The van der Waals surface area contributed by atoms with Gasteiger partial charge in [0.15, 0.2) is 12.3 Å². The minimum Gasteiger partial charge on any atom is -0.205 e. The molecule has 1 nitrogen and oxygen atoms in total. The van der Waals surface area contributed by atoms with E-state index >= 15 is 0 Å². The van der Waals surface area contributed by atoms with E-state index in [-0.39, 0.29) is 30.5 Å². The molecule has 0 N–H and O–H groups in total. The van der Waals surface area contributed by atoms with Gasteiger partial charge in [-0.25, -0.2) is 4.57 Å². The van der Waals surface area contributed by atoms with Crippen LogP contribution in [0.5, 0.6) is 0 Å². The normalized spacial score (nSPS) is 17.9. The van der Waals surface area contributed by atoms with Gasteiger partial charge in [-0.05, 0) is 6.92 Å². The van der Waals surface area contributed by atoms with E-state index < -0.39 is 0 Å². The molecular formula is C7H10N+. The molecule has 1 heterocycles. The number of nitrogens with zero attached hydrogens (tertiary/aromatic N) is 1. The SMILES string of the molecule is [2H]c1c([2H])c([2H])[n+](CC)c([2H])c1[2H]. The molecule has 42 valence electrons. The summed E-state index contributed by atoms with van der Waals surface area (Å²) in [5, 5.41) is 0. The Morgan fingerprint density at radius 2 is 2.00 bits per heavy atom. The van der Waals surface area contributed by atoms with Gasteiger partial charge in [-0.1, -0.05) is 6.04 Å². The monoisotopic (exact) mass is 113 g/mol. The molecule has 0 aliphatic carbocycles. The Balaban J connectivity index is 3.56. The number of hydrogen-bond acceptors (Lipinski definition) is 0. The summed E-state index contributed by atoms with van der Waals surface area (Å²) in [4.78, 5) is 0. The van der Waals surface area contributed by atoms with Gasteiger partial charge in [0.05, 0.1) is 4.11 Å². The van der Waals surface area contributed by atoms with Crippen LogP contribution in [0.4, 0.5) is 0 Å². The van der Waals surface area contributed by atoms with Crippen LogP contribution in [0.2, 0.25) is 0 Å². The second kappa shape index (κ2) is 2.46. The Morgan fingerprint density at radius 3 is 2.50 bits per heavy atom. The first-order chi connectivity index (χ1) is 6.00. The molecule has 1 rings (SSSR count). The van der Waals surface area contributed by atoms with Gasteiger partial charge >= 0.3 is 0 Å². The molecule has 0 amide bonds. The molecule has 0 aliphatic rings. The average molecular weight is 113 g/mol. The third kappa shape index (κ3) is 1.06. The van der Waals surface area contributed by atoms with Gasteiger partial charge < -0.3 is 0 Å². The second-order valence-electron chi connectivity index (χ2n) is 1.34. The van der Waals surface area contributed by atoms with Gasteiger partial charge in [-0.15, -0.1) is 0 Å². The first-order valence-electron chi connectivity index (χ1n) is 4.97. The lowest BCUT2D eigenvalue weighted by atomic mass is 10.5. The number of aromatic nitrogens is 1. The van der Waals surface area contributed by atoms with Crippen LogP contribution < -0.4 is 4.57 Å². The van der Waals surface area contributed by atoms with Crippen LogP contribution >= 0.6 is 0 Å². The van der Waals surface area contributed by atoms with Gasteiger partial charge in [0.25, 0.3) is 0 Å². The van der Waals surface area contributed by atoms with E-state index in [0.717, 1.165) is 0 Å². The third-order valence-electron chi connectivity index (χ3n) is 0.823. The van der Waals surface area contributed by atoms with Crippen LogP contribution in [0, 0.1) is 0 Å². The van der Waals surface area contributed by atoms with Crippen molar-refractivity contribution in [2.45, 2.75) is 13.5 Å². The smallest absolute Gasteiger partial charge is 0.168 e. The first kappa shape index (κ1) is 1.83. The summed E-state index contributed by atoms with van der Waals surface area (Å²) in [5.41, 5.74) is 0. The highest BCUT2D eigenvalue weighted by atomic mass is 14.9. The molecule has 0 radical (unpaired) electrons. The standard InChI is InChI=1S/C7H10N/c1-2-8-6-4-3-5-7-8/h3-7H,2H2,1H3/q+1/i3D,4D,5D,6D,7D. The highest BCUT2D eigenvalue weighted by Gasteiger charge is 1.86. The molecule has 0 saturated carbocycles. The Hall–Kier alpha value is -0.850. The van der Waals surface area contributed by atoms with Crippen LogP contribution in [-0.2, 0) is 6.54 Å². The van der Waals surface area contributed by atoms with Crippen LogP contribution in [0.3, 0.4) is 0 Å². The van der Waals surface area contributed by atoms with Gasteiger partial charge in [0, 0.05) is 12.1 Å². The molecule has 0 aromatic carbocycles. The highest BCUT2D eigenvalue weighted by Crippen LogP contribution is 1.74. The van der Waals surface area contributed by atoms with Gasteiger partial charge in [0.1, 0.15) is 9.29 Å². The fraction of sp³-hybridized carbons (Fsp3) is 0.286. The molecule has 0 unspecified atom stereocenters. The molecule has 0 saturated heterocycles. The lowest BCUT2D eigenvalue weighted by Crippen LogP contribution is -2.30. The maximum absolute atomic E-state index is 7.43. The van der Waals surface area contributed by atoms with E-state index in [2.05, 4.69) is 0 Å². The van der Waals surface area contributed by atoms with E-state index in [9.17, 15) is 0 Å². The maximum atomic E-state index is 7.43. The van der Waals surface area contributed by atoms with Crippen molar-refractivity contribution in [3.8, 4) is 0 Å². The predicted molar refractivity (Wildman–Crippen MR) is 32.3 cm³/mol. The third-order valence-corrected chi connectivity index (χ3v) is 0.823. The quantitative estimate of drug-likeness (QED) is 0.478. The highest BCUT2D eigenvalue weighted by molar-refractivity contribution is 4.83. The van der Waals surface area contributed by atoms with E-state index in [4.69, 9.17) is 6.85 Å². The molecular weight excluding hydrogens is 98.1 g/mol. The molecule has 8 heavy (non-hydrogen) atoms. The van der Waals surface area contributed by atoms with Crippen molar-refractivity contribution in [2.24, 2.45) is 0 Å². The van der Waals surface area contributed by atoms with Crippen molar-refractivity contribution in [3.63, 3.8) is 0 Å². The maximum Gasteiger partial charge on any atom is 0.168 e. The zero-order valence-corrected chi connectivity index (χ0v) is 4.65. The van der Waals surface area contributed by atoms with Crippen molar-refractivity contribution in [2.75, 3.05) is 0 Å². The summed E-state index contributed by atoms with van der Waals surface area (Å²) in [6.45, 7) is 2.11. The first-order valence-corrected chi connectivity index (χ1v) is 2.47. The van der Waals surface area contributed by atoms with Crippen LogP contribution in [0.1, 0.15) is 13.8 Å². The molecule has 0 bridgehead atoms.